The van der Waals surface area contributed by atoms with Crippen molar-refractivity contribution in [1.29, 1.82) is 0 Å². The average molecular weight is 245 g/mol. The highest BCUT2D eigenvalue weighted by Crippen LogP contribution is 2.14. The van der Waals surface area contributed by atoms with Gasteiger partial charge in [0.1, 0.15) is 5.54 Å². The lowest BCUT2D eigenvalue weighted by Gasteiger charge is -2.31. The molecular weight excluding hydrogens is 218 g/mol. The monoisotopic (exact) mass is 245 g/mol. The van der Waals surface area contributed by atoms with Crippen molar-refractivity contribution in [3.05, 3.63) is 0 Å². The summed E-state index contributed by atoms with van der Waals surface area (Å²) in [5, 5.41) is 3.20. The van der Waals surface area contributed by atoms with Crippen molar-refractivity contribution >= 4 is 5.97 Å². The zero-order chi connectivity index (χ0) is 13.5. The third-order valence-corrected chi connectivity index (χ3v) is 2.28. The van der Waals surface area contributed by atoms with Crippen LogP contribution in [0.3, 0.4) is 0 Å². The van der Waals surface area contributed by atoms with Gasteiger partial charge in [-0.25, -0.2) is 4.79 Å². The zero-order valence-corrected chi connectivity index (χ0v) is 12.1. The molecule has 0 aliphatic heterocycles. The normalized spacial score (nSPS) is 15.4. The number of carbonyl (C=O) groups is 1. The lowest BCUT2D eigenvalue weighted by Crippen LogP contribution is -2.55. The van der Waals surface area contributed by atoms with Gasteiger partial charge in [-0.15, -0.1) is 0 Å². The van der Waals surface area contributed by atoms with Crippen LogP contribution in [-0.4, -0.2) is 36.9 Å². The van der Waals surface area contributed by atoms with Gasteiger partial charge < -0.3 is 14.8 Å². The minimum Gasteiger partial charge on any atom is -0.465 e. The largest absolute Gasteiger partial charge is 0.465 e. The number of nitrogens with one attached hydrogen (secondary N) is 1. The molecule has 0 spiro atoms. The fourth-order valence-corrected chi connectivity index (χ4v) is 1.23. The molecule has 0 fully saturated rings. The highest BCUT2D eigenvalue weighted by Gasteiger charge is 2.35. The van der Waals surface area contributed by atoms with Gasteiger partial charge in [0.2, 0.25) is 0 Å². The Labute approximate surface area is 105 Å². The Hall–Kier alpha value is -0.610. The molecule has 0 amide bonds. The standard InChI is InChI=1S/C13H27NO3/c1-7-9-14-13(6,11(15)16-8-2)10-17-12(3,4)5/h14H,7-10H2,1-6H3. The Kier molecular flexibility index (Phi) is 6.72. The van der Waals surface area contributed by atoms with Crippen molar-refractivity contribution in [2.45, 2.75) is 59.1 Å². The van der Waals surface area contributed by atoms with E-state index in [0.717, 1.165) is 13.0 Å². The summed E-state index contributed by atoms with van der Waals surface area (Å²) in [6, 6.07) is 0. The molecule has 0 aromatic rings. The Morgan fingerprint density at radius 3 is 2.18 bits per heavy atom. The third kappa shape index (κ3) is 6.64. The Bertz CT molecular complexity index is 235. The van der Waals surface area contributed by atoms with Crippen LogP contribution in [-0.2, 0) is 14.3 Å². The van der Waals surface area contributed by atoms with Crippen molar-refractivity contribution in [3.8, 4) is 0 Å². The van der Waals surface area contributed by atoms with Crippen molar-refractivity contribution in [3.63, 3.8) is 0 Å². The van der Waals surface area contributed by atoms with Gasteiger partial charge in [-0.2, -0.15) is 0 Å². The molecule has 102 valence electrons. The molecule has 1 unspecified atom stereocenters. The predicted molar refractivity (Wildman–Crippen MR) is 69.0 cm³/mol. The molecular formula is C13H27NO3. The van der Waals surface area contributed by atoms with E-state index in [1.54, 1.807) is 0 Å². The average Bonchev–Trinajstić information content (AvgIpc) is 2.23. The van der Waals surface area contributed by atoms with E-state index in [4.69, 9.17) is 9.47 Å². The highest BCUT2D eigenvalue weighted by molar-refractivity contribution is 5.80. The van der Waals surface area contributed by atoms with Gasteiger partial charge >= 0.3 is 5.97 Å². The van der Waals surface area contributed by atoms with Gasteiger partial charge in [0.15, 0.2) is 0 Å². The van der Waals surface area contributed by atoms with Crippen LogP contribution in [0.5, 0.6) is 0 Å². The molecule has 17 heavy (non-hydrogen) atoms. The molecule has 0 radical (unpaired) electrons. The number of carbonyl (C=O) groups excluding carboxylic acids is 1. The fraction of sp³-hybridized carbons (Fsp3) is 0.923. The van der Waals surface area contributed by atoms with Gasteiger partial charge in [-0.3, -0.25) is 0 Å². The van der Waals surface area contributed by atoms with Crippen molar-refractivity contribution in [2.75, 3.05) is 19.8 Å². The summed E-state index contributed by atoms with van der Waals surface area (Å²) in [6.45, 7) is 13.1. The molecule has 0 aromatic carbocycles. The van der Waals surface area contributed by atoms with Crippen molar-refractivity contribution in [1.82, 2.24) is 5.32 Å². The lowest BCUT2D eigenvalue weighted by atomic mass is 10.0. The predicted octanol–water partition coefficient (Wildman–Crippen LogP) is 2.12. The molecule has 0 bridgehead atoms. The van der Waals surface area contributed by atoms with E-state index >= 15 is 0 Å². The van der Waals surface area contributed by atoms with Crippen LogP contribution in [0.15, 0.2) is 0 Å². The quantitative estimate of drug-likeness (QED) is 0.698. The Morgan fingerprint density at radius 1 is 1.18 bits per heavy atom. The second-order valence-electron chi connectivity index (χ2n) is 5.38. The van der Waals surface area contributed by atoms with Crippen LogP contribution < -0.4 is 5.32 Å². The SMILES string of the molecule is CCCNC(C)(COC(C)(C)C)C(=O)OCC. The van der Waals surface area contributed by atoms with Crippen LogP contribution in [0.1, 0.15) is 48.0 Å². The van der Waals surface area contributed by atoms with E-state index in [1.807, 2.05) is 34.6 Å². The first kappa shape index (κ1) is 16.4. The molecule has 4 nitrogen and oxygen atoms in total. The molecule has 0 aliphatic rings. The van der Waals surface area contributed by atoms with Gasteiger partial charge in [0, 0.05) is 0 Å². The lowest BCUT2D eigenvalue weighted by molar-refractivity contribution is -0.155. The van der Waals surface area contributed by atoms with Crippen LogP contribution in [0, 0.1) is 0 Å². The summed E-state index contributed by atoms with van der Waals surface area (Å²) in [6.07, 6.45) is 0.963. The smallest absolute Gasteiger partial charge is 0.328 e. The molecule has 1 N–H and O–H groups in total. The summed E-state index contributed by atoms with van der Waals surface area (Å²) in [5.41, 5.74) is -1.03. The van der Waals surface area contributed by atoms with Gasteiger partial charge in [0.25, 0.3) is 0 Å². The Balaban J connectivity index is 4.54. The summed E-state index contributed by atoms with van der Waals surface area (Å²) >= 11 is 0. The summed E-state index contributed by atoms with van der Waals surface area (Å²) in [7, 11) is 0. The zero-order valence-electron chi connectivity index (χ0n) is 12.1. The van der Waals surface area contributed by atoms with Crippen LogP contribution in [0.25, 0.3) is 0 Å². The van der Waals surface area contributed by atoms with E-state index in [-0.39, 0.29) is 11.6 Å². The van der Waals surface area contributed by atoms with Crippen molar-refractivity contribution in [2.24, 2.45) is 0 Å². The molecule has 0 saturated carbocycles. The van der Waals surface area contributed by atoms with Crippen LogP contribution >= 0.6 is 0 Å². The highest BCUT2D eigenvalue weighted by atomic mass is 16.5. The summed E-state index contributed by atoms with van der Waals surface area (Å²) < 4.78 is 10.8. The third-order valence-electron chi connectivity index (χ3n) is 2.28. The number of rotatable bonds is 7. The minimum atomic E-state index is -0.765. The summed E-state index contributed by atoms with van der Waals surface area (Å²) in [4.78, 5) is 11.9. The second kappa shape index (κ2) is 6.97. The molecule has 0 rings (SSSR count). The number of hydrogen-bond acceptors (Lipinski definition) is 4. The summed E-state index contributed by atoms with van der Waals surface area (Å²) in [5.74, 6) is -0.252. The fourth-order valence-electron chi connectivity index (χ4n) is 1.23. The molecule has 0 aromatic heterocycles. The maximum absolute atomic E-state index is 11.9. The Morgan fingerprint density at radius 2 is 1.76 bits per heavy atom. The topological polar surface area (TPSA) is 47.6 Å². The van der Waals surface area contributed by atoms with E-state index in [2.05, 4.69) is 12.2 Å². The van der Waals surface area contributed by atoms with E-state index in [1.165, 1.54) is 0 Å². The first-order valence-corrected chi connectivity index (χ1v) is 6.31. The number of esters is 1. The molecule has 0 saturated heterocycles. The molecule has 0 heterocycles. The van der Waals surface area contributed by atoms with Gasteiger partial charge in [-0.05, 0) is 47.6 Å². The first-order valence-electron chi connectivity index (χ1n) is 6.31. The van der Waals surface area contributed by atoms with E-state index in [0.29, 0.717) is 13.2 Å². The van der Waals surface area contributed by atoms with Crippen LogP contribution in [0.2, 0.25) is 0 Å². The maximum atomic E-state index is 11.9. The number of ether oxygens (including phenoxy) is 2. The number of hydrogen-bond donors (Lipinski definition) is 1. The van der Waals surface area contributed by atoms with Gasteiger partial charge in [-0.1, -0.05) is 6.92 Å². The second-order valence-corrected chi connectivity index (χ2v) is 5.38. The minimum absolute atomic E-state index is 0.252. The molecule has 0 aliphatic carbocycles. The van der Waals surface area contributed by atoms with E-state index < -0.39 is 5.54 Å². The van der Waals surface area contributed by atoms with Crippen LogP contribution in [0.4, 0.5) is 0 Å². The van der Waals surface area contributed by atoms with Gasteiger partial charge in [0.05, 0.1) is 18.8 Å². The van der Waals surface area contributed by atoms with Crippen molar-refractivity contribution < 1.29 is 14.3 Å². The molecule has 1 atom stereocenters. The first-order chi connectivity index (χ1) is 7.75. The maximum Gasteiger partial charge on any atom is 0.328 e. The molecule has 4 heteroatoms. The van der Waals surface area contributed by atoms with E-state index in [9.17, 15) is 4.79 Å².